The Bertz CT molecular complexity index is 700. The van der Waals surface area contributed by atoms with Crippen LogP contribution in [0.15, 0.2) is 36.5 Å². The van der Waals surface area contributed by atoms with Crippen LogP contribution in [0.4, 0.5) is 0 Å². The number of hydrogen-bond acceptors (Lipinski definition) is 5. The van der Waals surface area contributed by atoms with Gasteiger partial charge in [-0.3, -0.25) is 9.78 Å². The van der Waals surface area contributed by atoms with Gasteiger partial charge in [-0.15, -0.1) is 0 Å². The molecule has 1 heterocycles. The zero-order valence-corrected chi connectivity index (χ0v) is 15.2. The van der Waals surface area contributed by atoms with E-state index in [-0.39, 0.29) is 5.91 Å². The van der Waals surface area contributed by atoms with Gasteiger partial charge in [0.25, 0.3) is 5.91 Å². The molecule has 1 N–H and O–H groups in total. The van der Waals surface area contributed by atoms with Gasteiger partial charge < -0.3 is 19.7 Å². The van der Waals surface area contributed by atoms with Crippen molar-refractivity contribution in [1.82, 2.24) is 15.2 Å². The molecule has 6 heteroatoms. The molecule has 1 aromatic carbocycles. The maximum absolute atomic E-state index is 12.1. The van der Waals surface area contributed by atoms with E-state index in [0.717, 1.165) is 24.1 Å². The van der Waals surface area contributed by atoms with E-state index < -0.39 is 0 Å². The van der Waals surface area contributed by atoms with Crippen molar-refractivity contribution in [2.45, 2.75) is 6.42 Å². The summed E-state index contributed by atoms with van der Waals surface area (Å²) in [5, 5.41) is 2.88. The van der Waals surface area contributed by atoms with Crippen molar-refractivity contribution in [2.75, 3.05) is 41.4 Å². The molecule has 0 aliphatic heterocycles. The van der Waals surface area contributed by atoms with Crippen LogP contribution in [0.1, 0.15) is 16.9 Å². The van der Waals surface area contributed by atoms with E-state index in [1.807, 2.05) is 38.4 Å². The summed E-state index contributed by atoms with van der Waals surface area (Å²) in [4.78, 5) is 18.5. The molecular formula is C19H25N3O3. The highest BCUT2D eigenvalue weighted by molar-refractivity contribution is 5.92. The molecule has 2 aromatic rings. The van der Waals surface area contributed by atoms with Crippen molar-refractivity contribution in [3.8, 4) is 22.6 Å². The van der Waals surface area contributed by atoms with Crippen molar-refractivity contribution in [3.63, 3.8) is 0 Å². The summed E-state index contributed by atoms with van der Waals surface area (Å²) in [6.07, 6.45) is 2.60. The summed E-state index contributed by atoms with van der Waals surface area (Å²) in [6, 6.07) is 9.27. The van der Waals surface area contributed by atoms with Gasteiger partial charge in [-0.1, -0.05) is 12.1 Å². The van der Waals surface area contributed by atoms with Crippen molar-refractivity contribution < 1.29 is 14.3 Å². The van der Waals surface area contributed by atoms with Crippen LogP contribution in [0.25, 0.3) is 11.1 Å². The highest BCUT2D eigenvalue weighted by Gasteiger charge is 2.09. The Labute approximate surface area is 148 Å². The average molecular weight is 343 g/mol. The van der Waals surface area contributed by atoms with E-state index in [2.05, 4.69) is 15.2 Å². The van der Waals surface area contributed by atoms with Crippen molar-refractivity contribution >= 4 is 5.91 Å². The fraction of sp³-hybridized carbons (Fsp3) is 0.368. The number of nitrogens with zero attached hydrogens (tertiary/aromatic N) is 2. The summed E-state index contributed by atoms with van der Waals surface area (Å²) < 4.78 is 10.6. The summed E-state index contributed by atoms with van der Waals surface area (Å²) in [5.74, 6) is 1.17. The Morgan fingerprint density at radius 3 is 2.40 bits per heavy atom. The number of carbonyl (C=O) groups is 1. The van der Waals surface area contributed by atoms with Crippen LogP contribution in [-0.4, -0.2) is 57.2 Å². The smallest absolute Gasteiger partial charge is 0.269 e. The molecule has 0 atom stereocenters. The lowest BCUT2D eigenvalue weighted by Crippen LogP contribution is -2.27. The van der Waals surface area contributed by atoms with E-state index in [4.69, 9.17) is 9.47 Å². The molecule has 25 heavy (non-hydrogen) atoms. The number of nitrogens with one attached hydrogen (secondary N) is 1. The number of amides is 1. The number of ether oxygens (including phenoxy) is 2. The van der Waals surface area contributed by atoms with Gasteiger partial charge in [0.15, 0.2) is 11.5 Å². The molecule has 1 aromatic heterocycles. The first-order chi connectivity index (χ1) is 12.0. The van der Waals surface area contributed by atoms with Gasteiger partial charge in [0, 0.05) is 18.3 Å². The van der Waals surface area contributed by atoms with Gasteiger partial charge in [-0.25, -0.2) is 0 Å². The Morgan fingerprint density at radius 1 is 1.08 bits per heavy atom. The molecule has 0 unspecified atom stereocenters. The first-order valence-corrected chi connectivity index (χ1v) is 8.16. The molecule has 0 saturated heterocycles. The summed E-state index contributed by atoms with van der Waals surface area (Å²) >= 11 is 0. The number of aromatic nitrogens is 1. The lowest BCUT2D eigenvalue weighted by atomic mass is 10.1. The Hall–Kier alpha value is -2.60. The number of hydrogen-bond donors (Lipinski definition) is 1. The second kappa shape index (κ2) is 9.03. The SMILES string of the molecule is COc1ccc(-c2ccc(C(=O)NCCCN(C)C)nc2)cc1OC. The zero-order chi connectivity index (χ0) is 18.2. The van der Waals surface area contributed by atoms with E-state index in [1.54, 1.807) is 26.5 Å². The van der Waals surface area contributed by atoms with Crippen LogP contribution in [0.5, 0.6) is 11.5 Å². The topological polar surface area (TPSA) is 63.7 Å². The largest absolute Gasteiger partial charge is 0.493 e. The normalized spacial score (nSPS) is 10.6. The minimum absolute atomic E-state index is 0.155. The average Bonchev–Trinajstić information content (AvgIpc) is 2.64. The highest BCUT2D eigenvalue weighted by Crippen LogP contribution is 2.31. The van der Waals surface area contributed by atoms with Gasteiger partial charge in [0.1, 0.15) is 5.69 Å². The summed E-state index contributed by atoms with van der Waals surface area (Å²) in [6.45, 7) is 1.57. The molecule has 0 aliphatic carbocycles. The predicted octanol–water partition coefficient (Wildman–Crippen LogP) is 2.45. The zero-order valence-electron chi connectivity index (χ0n) is 15.2. The van der Waals surface area contributed by atoms with Crippen LogP contribution in [0.3, 0.4) is 0 Å². The van der Waals surface area contributed by atoms with Gasteiger partial charge in [0.05, 0.1) is 14.2 Å². The summed E-state index contributed by atoms with van der Waals surface area (Å²) in [7, 11) is 7.22. The minimum Gasteiger partial charge on any atom is -0.493 e. The predicted molar refractivity (Wildman–Crippen MR) is 98.3 cm³/mol. The quantitative estimate of drug-likeness (QED) is 0.746. The van der Waals surface area contributed by atoms with Gasteiger partial charge in [-0.2, -0.15) is 0 Å². The molecule has 0 spiro atoms. The molecule has 0 fully saturated rings. The van der Waals surface area contributed by atoms with Crippen LogP contribution < -0.4 is 14.8 Å². The fourth-order valence-corrected chi connectivity index (χ4v) is 2.40. The lowest BCUT2D eigenvalue weighted by molar-refractivity contribution is 0.0947. The van der Waals surface area contributed by atoms with E-state index in [0.29, 0.717) is 23.7 Å². The monoisotopic (exact) mass is 343 g/mol. The number of pyridine rings is 1. The molecule has 0 aliphatic rings. The molecule has 0 radical (unpaired) electrons. The highest BCUT2D eigenvalue weighted by atomic mass is 16.5. The van der Waals surface area contributed by atoms with E-state index in [9.17, 15) is 4.79 Å². The molecule has 2 rings (SSSR count). The van der Waals surface area contributed by atoms with Crippen molar-refractivity contribution in [1.29, 1.82) is 0 Å². The van der Waals surface area contributed by atoms with E-state index in [1.165, 1.54) is 0 Å². The number of methoxy groups -OCH3 is 2. The maximum atomic E-state index is 12.1. The fourth-order valence-electron chi connectivity index (χ4n) is 2.40. The minimum atomic E-state index is -0.155. The number of carbonyl (C=O) groups excluding carboxylic acids is 1. The Balaban J connectivity index is 2.03. The molecule has 134 valence electrons. The molecular weight excluding hydrogens is 318 g/mol. The van der Waals surface area contributed by atoms with E-state index >= 15 is 0 Å². The Kier molecular flexibility index (Phi) is 6.77. The maximum Gasteiger partial charge on any atom is 0.269 e. The molecule has 0 bridgehead atoms. The first-order valence-electron chi connectivity index (χ1n) is 8.16. The Morgan fingerprint density at radius 2 is 1.80 bits per heavy atom. The van der Waals surface area contributed by atoms with Gasteiger partial charge in [-0.05, 0) is 50.8 Å². The summed E-state index contributed by atoms with van der Waals surface area (Å²) in [5.41, 5.74) is 2.27. The first kappa shape index (κ1) is 18.7. The number of rotatable bonds is 8. The third-order valence-electron chi connectivity index (χ3n) is 3.78. The third-order valence-corrected chi connectivity index (χ3v) is 3.78. The molecule has 0 saturated carbocycles. The second-order valence-corrected chi connectivity index (χ2v) is 5.91. The van der Waals surface area contributed by atoms with Crippen LogP contribution in [0.2, 0.25) is 0 Å². The lowest BCUT2D eigenvalue weighted by Gasteiger charge is -2.11. The number of benzene rings is 1. The molecule has 6 nitrogen and oxygen atoms in total. The van der Waals surface area contributed by atoms with Gasteiger partial charge >= 0.3 is 0 Å². The van der Waals surface area contributed by atoms with Crippen molar-refractivity contribution in [2.24, 2.45) is 0 Å². The van der Waals surface area contributed by atoms with Gasteiger partial charge in [0.2, 0.25) is 0 Å². The standard InChI is InChI=1S/C19H25N3O3/c1-22(2)11-5-10-20-19(23)16-8-6-15(13-21-16)14-7-9-17(24-3)18(12-14)25-4/h6-9,12-13H,5,10-11H2,1-4H3,(H,20,23). The second-order valence-electron chi connectivity index (χ2n) is 5.91. The van der Waals surface area contributed by atoms with Crippen LogP contribution in [-0.2, 0) is 0 Å². The van der Waals surface area contributed by atoms with Crippen LogP contribution >= 0.6 is 0 Å². The third kappa shape index (κ3) is 5.19. The van der Waals surface area contributed by atoms with Crippen molar-refractivity contribution in [3.05, 3.63) is 42.2 Å². The molecule has 1 amide bonds. The van der Waals surface area contributed by atoms with Crippen LogP contribution in [0, 0.1) is 0 Å².